The predicted octanol–water partition coefficient (Wildman–Crippen LogP) is 2.04. The fourth-order valence-electron chi connectivity index (χ4n) is 3.98. The fraction of sp³-hybridized carbons (Fsp3) is 0.550. The number of carbonyl (C=O) groups is 1. The molecular formula is C20H27N5O2. The van der Waals surface area contributed by atoms with E-state index in [1.54, 1.807) is 6.33 Å². The van der Waals surface area contributed by atoms with Gasteiger partial charge in [-0.25, -0.2) is 0 Å². The lowest BCUT2D eigenvalue weighted by Crippen LogP contribution is -2.42. The highest BCUT2D eigenvalue weighted by molar-refractivity contribution is 5.77. The monoisotopic (exact) mass is 369 g/mol. The van der Waals surface area contributed by atoms with Gasteiger partial charge in [0.15, 0.2) is 5.82 Å². The van der Waals surface area contributed by atoms with Gasteiger partial charge < -0.3 is 9.64 Å². The van der Waals surface area contributed by atoms with Crippen molar-refractivity contribution in [3.8, 4) is 5.69 Å². The second kappa shape index (κ2) is 8.63. The molecule has 2 aliphatic rings. The van der Waals surface area contributed by atoms with Crippen LogP contribution >= 0.6 is 0 Å². The Balaban J connectivity index is 1.48. The highest BCUT2D eigenvalue weighted by Crippen LogP contribution is 2.31. The number of likely N-dealkylation sites (tertiary alicyclic amines) is 1. The zero-order valence-electron chi connectivity index (χ0n) is 15.7. The number of rotatable bonds is 5. The van der Waals surface area contributed by atoms with Gasteiger partial charge in [-0.05, 0) is 31.4 Å². The molecule has 0 radical (unpaired) electrons. The van der Waals surface area contributed by atoms with Crippen LogP contribution in [0, 0.1) is 0 Å². The number of piperidine rings is 1. The maximum Gasteiger partial charge on any atom is 0.224 e. The van der Waals surface area contributed by atoms with E-state index in [1.165, 1.54) is 0 Å². The summed E-state index contributed by atoms with van der Waals surface area (Å²) in [4.78, 5) is 17.3. The molecule has 1 aromatic heterocycles. The Morgan fingerprint density at radius 1 is 1.11 bits per heavy atom. The zero-order valence-corrected chi connectivity index (χ0v) is 15.7. The second-order valence-electron chi connectivity index (χ2n) is 7.20. The summed E-state index contributed by atoms with van der Waals surface area (Å²) in [6.45, 7) is 4.96. The summed E-state index contributed by atoms with van der Waals surface area (Å²) in [6, 6.07) is 10.1. The Bertz CT molecular complexity index is 742. The van der Waals surface area contributed by atoms with Gasteiger partial charge in [0, 0.05) is 38.3 Å². The van der Waals surface area contributed by atoms with E-state index >= 15 is 0 Å². The Kier molecular flexibility index (Phi) is 5.79. The number of morpholine rings is 1. The van der Waals surface area contributed by atoms with Gasteiger partial charge in [-0.1, -0.05) is 18.2 Å². The molecule has 27 heavy (non-hydrogen) atoms. The fourth-order valence-corrected chi connectivity index (χ4v) is 3.98. The Morgan fingerprint density at radius 2 is 1.93 bits per heavy atom. The van der Waals surface area contributed by atoms with Crippen molar-refractivity contribution in [2.45, 2.75) is 31.7 Å². The summed E-state index contributed by atoms with van der Waals surface area (Å²) in [5.74, 6) is 1.08. The minimum absolute atomic E-state index is 0.00125. The number of hydrogen-bond acceptors (Lipinski definition) is 5. The lowest BCUT2D eigenvalue weighted by Gasteiger charge is -2.36. The smallest absolute Gasteiger partial charge is 0.224 e. The minimum Gasteiger partial charge on any atom is -0.379 e. The molecule has 7 nitrogen and oxygen atoms in total. The molecule has 2 saturated heterocycles. The maximum absolute atomic E-state index is 13.0. The van der Waals surface area contributed by atoms with Gasteiger partial charge >= 0.3 is 0 Å². The van der Waals surface area contributed by atoms with Crippen LogP contribution in [0.15, 0.2) is 36.7 Å². The summed E-state index contributed by atoms with van der Waals surface area (Å²) in [5.41, 5.74) is 1.03. The third kappa shape index (κ3) is 4.20. The number of benzene rings is 1. The molecule has 1 unspecified atom stereocenters. The molecule has 0 bridgehead atoms. The largest absolute Gasteiger partial charge is 0.379 e. The van der Waals surface area contributed by atoms with E-state index in [9.17, 15) is 4.79 Å². The molecule has 0 aliphatic carbocycles. The van der Waals surface area contributed by atoms with E-state index < -0.39 is 0 Å². The highest BCUT2D eigenvalue weighted by Gasteiger charge is 2.31. The van der Waals surface area contributed by atoms with Crippen LogP contribution < -0.4 is 0 Å². The molecule has 3 heterocycles. The van der Waals surface area contributed by atoms with Gasteiger partial charge in [0.1, 0.15) is 6.33 Å². The van der Waals surface area contributed by atoms with Crippen molar-refractivity contribution < 1.29 is 9.53 Å². The molecule has 7 heteroatoms. The average Bonchev–Trinajstić information content (AvgIpc) is 3.23. The van der Waals surface area contributed by atoms with Crippen molar-refractivity contribution in [3.05, 3.63) is 42.5 Å². The number of hydrogen-bond donors (Lipinski definition) is 0. The van der Waals surface area contributed by atoms with Crippen molar-refractivity contribution in [3.63, 3.8) is 0 Å². The van der Waals surface area contributed by atoms with Crippen LogP contribution in [-0.2, 0) is 9.53 Å². The van der Waals surface area contributed by atoms with E-state index in [4.69, 9.17) is 4.74 Å². The van der Waals surface area contributed by atoms with Crippen molar-refractivity contribution in [2.75, 3.05) is 39.4 Å². The summed E-state index contributed by atoms with van der Waals surface area (Å²) < 4.78 is 7.40. The molecule has 2 aliphatic heterocycles. The van der Waals surface area contributed by atoms with Crippen LogP contribution in [0.1, 0.15) is 37.5 Å². The van der Waals surface area contributed by atoms with Gasteiger partial charge in [0.2, 0.25) is 5.91 Å². The zero-order chi connectivity index (χ0) is 18.5. The van der Waals surface area contributed by atoms with Crippen LogP contribution in [-0.4, -0.2) is 69.9 Å². The quantitative estimate of drug-likeness (QED) is 0.807. The number of amides is 1. The van der Waals surface area contributed by atoms with Crippen molar-refractivity contribution in [2.24, 2.45) is 0 Å². The van der Waals surface area contributed by atoms with Crippen LogP contribution in [0.5, 0.6) is 0 Å². The Labute approximate surface area is 159 Å². The molecular weight excluding hydrogens is 342 g/mol. The lowest BCUT2D eigenvalue weighted by atomic mass is 10.0. The van der Waals surface area contributed by atoms with Crippen molar-refractivity contribution in [1.29, 1.82) is 0 Å². The van der Waals surface area contributed by atoms with Crippen LogP contribution in [0.4, 0.5) is 0 Å². The first-order valence-electron chi connectivity index (χ1n) is 9.88. The van der Waals surface area contributed by atoms with E-state index in [1.807, 2.05) is 39.8 Å². The molecule has 144 valence electrons. The first kappa shape index (κ1) is 18.1. The van der Waals surface area contributed by atoms with Crippen LogP contribution in [0.25, 0.3) is 5.69 Å². The lowest BCUT2D eigenvalue weighted by molar-refractivity contribution is -0.135. The van der Waals surface area contributed by atoms with Crippen LogP contribution in [0.3, 0.4) is 0 Å². The number of aromatic nitrogens is 3. The van der Waals surface area contributed by atoms with E-state index in [2.05, 4.69) is 15.1 Å². The molecule has 1 atom stereocenters. The normalized spacial score (nSPS) is 21.3. The molecule has 2 fully saturated rings. The number of nitrogens with zero attached hydrogens (tertiary/aromatic N) is 5. The highest BCUT2D eigenvalue weighted by atomic mass is 16.5. The van der Waals surface area contributed by atoms with E-state index in [0.29, 0.717) is 6.42 Å². The van der Waals surface area contributed by atoms with Gasteiger partial charge in [-0.3, -0.25) is 14.3 Å². The first-order valence-corrected chi connectivity index (χ1v) is 9.88. The van der Waals surface area contributed by atoms with Gasteiger partial charge in [-0.15, -0.1) is 10.2 Å². The number of ether oxygens (including phenoxy) is 1. The second-order valence-corrected chi connectivity index (χ2v) is 7.20. The third-order valence-electron chi connectivity index (χ3n) is 5.48. The molecule has 2 aromatic rings. The van der Waals surface area contributed by atoms with E-state index in [0.717, 1.165) is 70.2 Å². The third-order valence-corrected chi connectivity index (χ3v) is 5.48. The molecule has 4 rings (SSSR count). The van der Waals surface area contributed by atoms with Crippen LogP contribution in [0.2, 0.25) is 0 Å². The van der Waals surface area contributed by atoms with Gasteiger partial charge in [-0.2, -0.15) is 0 Å². The van der Waals surface area contributed by atoms with E-state index in [-0.39, 0.29) is 11.9 Å². The molecule has 0 N–H and O–H groups in total. The average molecular weight is 369 g/mol. The summed E-state index contributed by atoms with van der Waals surface area (Å²) in [7, 11) is 0. The van der Waals surface area contributed by atoms with Gasteiger partial charge in [0.25, 0.3) is 0 Å². The number of para-hydroxylation sites is 1. The topological polar surface area (TPSA) is 63.5 Å². The summed E-state index contributed by atoms with van der Waals surface area (Å²) >= 11 is 0. The van der Waals surface area contributed by atoms with Gasteiger partial charge in [0.05, 0.1) is 19.3 Å². The summed E-state index contributed by atoms with van der Waals surface area (Å²) in [6.07, 6.45) is 5.40. The molecule has 1 aromatic carbocycles. The minimum atomic E-state index is -0.00125. The SMILES string of the molecule is O=C(CCN1CCOCC1)N1CCCCC1c1nncn1-c1ccccc1. The first-order chi connectivity index (χ1) is 13.3. The summed E-state index contributed by atoms with van der Waals surface area (Å²) in [5, 5.41) is 8.53. The van der Waals surface area contributed by atoms with Crippen molar-refractivity contribution >= 4 is 5.91 Å². The Hall–Kier alpha value is -2.25. The number of carbonyl (C=O) groups excluding carboxylic acids is 1. The Morgan fingerprint density at radius 3 is 2.74 bits per heavy atom. The molecule has 0 spiro atoms. The molecule has 1 amide bonds. The van der Waals surface area contributed by atoms with Crippen molar-refractivity contribution in [1.82, 2.24) is 24.6 Å². The predicted molar refractivity (Wildman–Crippen MR) is 102 cm³/mol. The maximum atomic E-state index is 13.0. The standard InChI is InChI=1S/C20H27N5O2/c26-19(9-11-23-12-14-27-15-13-23)24-10-5-4-8-18(24)20-22-21-16-25(20)17-6-2-1-3-7-17/h1-3,6-7,16,18H,4-5,8-15H2. The molecule has 0 saturated carbocycles.